The number of pyridine rings is 1. The second kappa shape index (κ2) is 12.4. The van der Waals surface area contributed by atoms with Gasteiger partial charge in [-0.3, -0.25) is 24.4 Å². The monoisotopic (exact) mass is 516 g/mol. The van der Waals surface area contributed by atoms with Gasteiger partial charge in [-0.15, -0.1) is 0 Å². The van der Waals surface area contributed by atoms with Gasteiger partial charge in [0, 0.05) is 52.4 Å². The molecule has 0 aliphatic carbocycles. The van der Waals surface area contributed by atoms with E-state index < -0.39 is 24.0 Å². The molecule has 0 saturated carbocycles. The van der Waals surface area contributed by atoms with E-state index in [1.807, 2.05) is 28.0 Å². The van der Waals surface area contributed by atoms with E-state index in [1.165, 1.54) is 9.80 Å². The average molecular weight is 517 g/mol. The van der Waals surface area contributed by atoms with Crippen LogP contribution in [0.1, 0.15) is 37.1 Å². The van der Waals surface area contributed by atoms with E-state index in [4.69, 9.17) is 4.98 Å². The first-order valence-corrected chi connectivity index (χ1v) is 13.0. The Bertz CT molecular complexity index is 932. The molecule has 2 bridgehead atoms. The summed E-state index contributed by atoms with van der Waals surface area (Å²) < 4.78 is 0. The Morgan fingerprint density at radius 3 is 1.68 bits per heavy atom. The van der Waals surface area contributed by atoms with Gasteiger partial charge in [-0.05, 0) is 37.8 Å². The quantitative estimate of drug-likeness (QED) is 0.450. The van der Waals surface area contributed by atoms with Gasteiger partial charge in [0.1, 0.15) is 12.1 Å². The second-order valence-electron chi connectivity index (χ2n) is 9.96. The molecule has 2 atom stereocenters. The largest absolute Gasteiger partial charge is 0.480 e. The molecule has 37 heavy (non-hydrogen) atoms. The first-order valence-electron chi connectivity index (χ1n) is 13.0. The van der Waals surface area contributed by atoms with E-state index >= 15 is 0 Å². The Kier molecular flexibility index (Phi) is 9.06. The van der Waals surface area contributed by atoms with Gasteiger partial charge in [-0.25, -0.2) is 9.59 Å². The van der Waals surface area contributed by atoms with Crippen molar-refractivity contribution in [1.82, 2.24) is 29.9 Å². The lowest BCUT2D eigenvalue weighted by Gasteiger charge is -2.29. The smallest absolute Gasteiger partial charge is 0.326 e. The van der Waals surface area contributed by atoms with Crippen molar-refractivity contribution in [3.05, 3.63) is 29.6 Å². The lowest BCUT2D eigenvalue weighted by atomic mass is 10.2. The molecule has 4 rings (SSSR count). The Morgan fingerprint density at radius 2 is 1.24 bits per heavy atom. The molecular weight excluding hydrogens is 480 g/mol. The summed E-state index contributed by atoms with van der Waals surface area (Å²) in [5.74, 6) is -2.28. The van der Waals surface area contributed by atoms with Crippen molar-refractivity contribution in [3.63, 3.8) is 0 Å². The first kappa shape index (κ1) is 27.0. The highest BCUT2D eigenvalue weighted by molar-refractivity contribution is 5.86. The molecule has 4 heterocycles. The number of hydrogen-bond acceptors (Lipinski definition) is 8. The zero-order valence-corrected chi connectivity index (χ0v) is 21.0. The molecule has 0 spiro atoms. The number of carboxylic acids is 2. The number of carbonyl (C=O) groups excluding carboxylic acids is 2. The lowest BCUT2D eigenvalue weighted by Crippen LogP contribution is -2.47. The molecule has 202 valence electrons. The number of amides is 2. The number of nitrogens with one attached hydrogen (secondary N) is 1. The minimum Gasteiger partial charge on any atom is -0.480 e. The van der Waals surface area contributed by atoms with Gasteiger partial charge >= 0.3 is 11.9 Å². The number of carbonyl (C=O) groups is 4. The van der Waals surface area contributed by atoms with Crippen LogP contribution in [-0.4, -0.2) is 123 Å². The van der Waals surface area contributed by atoms with Crippen molar-refractivity contribution < 1.29 is 29.4 Å². The Labute approximate surface area is 216 Å². The molecule has 1 aromatic heterocycles. The van der Waals surface area contributed by atoms with Crippen LogP contribution < -0.4 is 5.32 Å². The highest BCUT2D eigenvalue weighted by atomic mass is 16.4. The van der Waals surface area contributed by atoms with Gasteiger partial charge < -0.3 is 25.3 Å². The van der Waals surface area contributed by atoms with Crippen molar-refractivity contribution >= 4 is 23.8 Å². The summed E-state index contributed by atoms with van der Waals surface area (Å²) in [4.78, 5) is 60.6. The topological polar surface area (TPSA) is 147 Å². The van der Waals surface area contributed by atoms with Crippen LogP contribution in [-0.2, 0) is 32.3 Å². The summed E-state index contributed by atoms with van der Waals surface area (Å²) in [6.07, 6.45) is 2.36. The number of nitrogens with zero attached hydrogens (tertiary/aromatic N) is 5. The van der Waals surface area contributed by atoms with E-state index in [9.17, 15) is 29.4 Å². The molecule has 12 nitrogen and oxygen atoms in total. The molecule has 0 aromatic carbocycles. The number of aliphatic carboxylic acids is 2. The molecule has 12 heteroatoms. The first-order chi connectivity index (χ1) is 17.8. The van der Waals surface area contributed by atoms with Gasteiger partial charge in [0.05, 0.1) is 24.5 Å². The third kappa shape index (κ3) is 7.02. The fourth-order valence-electron chi connectivity index (χ4n) is 5.40. The van der Waals surface area contributed by atoms with Gasteiger partial charge in [-0.2, -0.15) is 0 Å². The van der Waals surface area contributed by atoms with Crippen molar-refractivity contribution in [3.8, 4) is 0 Å². The number of aromatic nitrogens is 1. The van der Waals surface area contributed by atoms with E-state index in [2.05, 4.69) is 5.32 Å². The van der Waals surface area contributed by atoms with Crippen molar-refractivity contribution in [2.45, 2.75) is 50.9 Å². The molecule has 3 N–H and O–H groups in total. The van der Waals surface area contributed by atoms with Crippen molar-refractivity contribution in [2.75, 3.05) is 52.4 Å². The summed E-state index contributed by atoms with van der Waals surface area (Å²) in [5.41, 5.74) is 1.58. The molecule has 3 aliphatic heterocycles. The maximum Gasteiger partial charge on any atom is 0.326 e. The van der Waals surface area contributed by atoms with E-state index in [1.54, 1.807) is 0 Å². The molecule has 2 saturated heterocycles. The van der Waals surface area contributed by atoms with Crippen molar-refractivity contribution in [1.29, 1.82) is 0 Å². The minimum atomic E-state index is -0.957. The van der Waals surface area contributed by atoms with Crippen LogP contribution in [0.3, 0.4) is 0 Å². The van der Waals surface area contributed by atoms with Crippen LogP contribution >= 0.6 is 0 Å². The van der Waals surface area contributed by atoms with Crippen LogP contribution in [0.4, 0.5) is 0 Å². The predicted octanol–water partition coefficient (Wildman–Crippen LogP) is -0.560. The minimum absolute atomic E-state index is 0.124. The summed E-state index contributed by atoms with van der Waals surface area (Å²) in [5, 5.41) is 22.2. The van der Waals surface area contributed by atoms with Gasteiger partial charge in [-0.1, -0.05) is 6.07 Å². The maximum atomic E-state index is 12.9. The lowest BCUT2D eigenvalue weighted by molar-refractivity contribution is -0.148. The fraction of sp³-hybridized carbons (Fsp3) is 0.640. The molecule has 3 aliphatic rings. The predicted molar refractivity (Wildman–Crippen MR) is 132 cm³/mol. The number of carboxylic acid groups (broad SMARTS) is 2. The van der Waals surface area contributed by atoms with Crippen LogP contribution in [0.5, 0.6) is 0 Å². The summed E-state index contributed by atoms with van der Waals surface area (Å²) in [6, 6.07) is 4.20. The van der Waals surface area contributed by atoms with Crippen LogP contribution in [0.2, 0.25) is 0 Å². The Morgan fingerprint density at radius 1 is 0.784 bits per heavy atom. The second-order valence-corrected chi connectivity index (χ2v) is 9.96. The molecule has 1 aromatic rings. The van der Waals surface area contributed by atoms with Crippen LogP contribution in [0.25, 0.3) is 0 Å². The van der Waals surface area contributed by atoms with Crippen LogP contribution in [0, 0.1) is 0 Å². The summed E-state index contributed by atoms with van der Waals surface area (Å²) in [7, 11) is 0. The number of rotatable bonds is 6. The number of likely N-dealkylation sites (tertiary alicyclic amines) is 2. The molecule has 2 unspecified atom stereocenters. The molecule has 0 radical (unpaired) electrons. The Balaban J connectivity index is 1.41. The zero-order chi connectivity index (χ0) is 26.4. The molecule has 2 fully saturated rings. The van der Waals surface area contributed by atoms with Crippen molar-refractivity contribution in [2.24, 2.45) is 0 Å². The van der Waals surface area contributed by atoms with Gasteiger partial charge in [0.25, 0.3) is 0 Å². The molecule has 2 amide bonds. The van der Waals surface area contributed by atoms with E-state index in [-0.39, 0.29) is 24.9 Å². The highest BCUT2D eigenvalue weighted by Crippen LogP contribution is 2.19. The highest BCUT2D eigenvalue weighted by Gasteiger charge is 2.35. The van der Waals surface area contributed by atoms with E-state index in [0.29, 0.717) is 78.0 Å². The maximum absolute atomic E-state index is 12.9. The summed E-state index contributed by atoms with van der Waals surface area (Å²) >= 11 is 0. The number of fused-ring (bicyclic) bond motifs is 2. The Hall–Kier alpha value is -3.09. The zero-order valence-electron chi connectivity index (χ0n) is 21.0. The molecular formula is C25H36N6O6. The van der Waals surface area contributed by atoms with E-state index in [0.717, 1.165) is 11.4 Å². The SMILES string of the molecule is O=C(O)C1CCCN1C(=O)CN1CCNCCN(CC(=O)N2CCCC2C(=O)O)Cc2cccc(n2)C1. The normalized spacial score (nSPS) is 23.9. The third-order valence-corrected chi connectivity index (χ3v) is 7.28. The van der Waals surface area contributed by atoms with Crippen LogP contribution in [0.15, 0.2) is 18.2 Å². The van der Waals surface area contributed by atoms with Gasteiger partial charge in [0.15, 0.2) is 0 Å². The number of hydrogen-bond donors (Lipinski definition) is 3. The third-order valence-electron chi connectivity index (χ3n) is 7.28. The van der Waals surface area contributed by atoms with Gasteiger partial charge in [0.2, 0.25) is 11.8 Å². The standard InChI is InChI=1S/C25H36N6O6/c32-22(30-10-2-6-20(30)24(34)35)16-28-12-8-26-9-13-29(15-19-5-1-4-18(14-28)27-19)17-23(33)31-11-3-7-21(31)25(36)37/h1,4-5,20-21,26H,2-3,6-17H2,(H,34,35)(H,36,37). The fourth-order valence-corrected chi connectivity index (χ4v) is 5.40. The summed E-state index contributed by atoms with van der Waals surface area (Å²) in [6.45, 7) is 4.46. The average Bonchev–Trinajstić information content (AvgIpc) is 3.53.